The van der Waals surface area contributed by atoms with Crippen LogP contribution >= 0.6 is 0 Å². The van der Waals surface area contributed by atoms with Gasteiger partial charge in [-0.05, 0) is 31.4 Å². The van der Waals surface area contributed by atoms with Gasteiger partial charge in [-0.25, -0.2) is 0 Å². The molecule has 2 rings (SSSR count). The van der Waals surface area contributed by atoms with Crippen molar-refractivity contribution in [1.82, 2.24) is 0 Å². The summed E-state index contributed by atoms with van der Waals surface area (Å²) in [4.78, 5) is 2.36. The Hall–Kier alpha value is -1.22. The Kier molecular flexibility index (Phi) is 4.88. The third-order valence-corrected chi connectivity index (χ3v) is 3.42. The molecule has 0 radical (unpaired) electrons. The average molecular weight is 248 g/mol. The van der Waals surface area contributed by atoms with Crippen LogP contribution in [0.15, 0.2) is 24.3 Å². The first kappa shape index (κ1) is 13.2. The summed E-state index contributed by atoms with van der Waals surface area (Å²) < 4.78 is 5.88. The molecule has 1 heterocycles. The molecule has 3 nitrogen and oxygen atoms in total. The van der Waals surface area contributed by atoms with Crippen LogP contribution in [0.5, 0.6) is 5.75 Å². The Morgan fingerprint density at radius 2 is 2.22 bits per heavy atom. The van der Waals surface area contributed by atoms with Crippen LogP contribution in [0, 0.1) is 0 Å². The molecule has 3 heteroatoms. The fraction of sp³-hybridized carbons (Fsp3) is 0.600. The number of ether oxygens (including phenoxy) is 1. The molecule has 1 aliphatic rings. The summed E-state index contributed by atoms with van der Waals surface area (Å²) in [6.45, 7) is 5.00. The number of anilines is 1. The van der Waals surface area contributed by atoms with Crippen LogP contribution in [0.4, 0.5) is 5.69 Å². The van der Waals surface area contributed by atoms with E-state index in [1.54, 1.807) is 0 Å². The third-order valence-electron chi connectivity index (χ3n) is 3.42. The smallest absolute Gasteiger partial charge is 0.142 e. The summed E-state index contributed by atoms with van der Waals surface area (Å²) in [6.07, 6.45) is 4.57. The minimum atomic E-state index is 0.294. The molecule has 1 unspecified atom stereocenters. The van der Waals surface area contributed by atoms with Crippen LogP contribution < -0.4 is 15.4 Å². The number of unbranched alkanes of at least 4 members (excludes halogenated alkanes) is 1. The number of hydrogen-bond acceptors (Lipinski definition) is 3. The molecule has 1 saturated heterocycles. The first-order valence-electron chi connectivity index (χ1n) is 7.03. The van der Waals surface area contributed by atoms with E-state index in [9.17, 15) is 0 Å². The Morgan fingerprint density at radius 1 is 1.39 bits per heavy atom. The second-order valence-corrected chi connectivity index (χ2v) is 5.02. The van der Waals surface area contributed by atoms with Gasteiger partial charge in [-0.15, -0.1) is 0 Å². The number of hydrogen-bond donors (Lipinski definition) is 1. The summed E-state index contributed by atoms with van der Waals surface area (Å²) in [7, 11) is 0. The van der Waals surface area contributed by atoms with E-state index in [1.165, 1.54) is 12.1 Å². The second kappa shape index (κ2) is 6.64. The van der Waals surface area contributed by atoms with E-state index in [0.29, 0.717) is 6.04 Å². The molecule has 0 saturated carbocycles. The highest BCUT2D eigenvalue weighted by Gasteiger charge is 2.19. The van der Waals surface area contributed by atoms with Crippen LogP contribution in [0.1, 0.15) is 32.6 Å². The van der Waals surface area contributed by atoms with Crippen molar-refractivity contribution in [1.29, 1.82) is 0 Å². The van der Waals surface area contributed by atoms with Crippen LogP contribution in [-0.2, 0) is 0 Å². The number of piperidine rings is 1. The van der Waals surface area contributed by atoms with Gasteiger partial charge in [0.25, 0.3) is 0 Å². The lowest BCUT2D eigenvalue weighted by Crippen LogP contribution is -2.42. The molecule has 0 bridgehead atoms. The molecule has 18 heavy (non-hydrogen) atoms. The zero-order valence-corrected chi connectivity index (χ0v) is 11.3. The van der Waals surface area contributed by atoms with E-state index >= 15 is 0 Å². The summed E-state index contributed by atoms with van der Waals surface area (Å²) in [5.74, 6) is 1.00. The maximum absolute atomic E-state index is 6.05. The van der Waals surface area contributed by atoms with E-state index < -0.39 is 0 Å². The lowest BCUT2D eigenvalue weighted by molar-refractivity contribution is 0.309. The van der Waals surface area contributed by atoms with Gasteiger partial charge < -0.3 is 15.4 Å². The van der Waals surface area contributed by atoms with Crippen molar-refractivity contribution in [2.45, 2.75) is 38.6 Å². The van der Waals surface area contributed by atoms with E-state index in [1.807, 2.05) is 6.07 Å². The molecule has 0 amide bonds. The highest BCUT2D eigenvalue weighted by molar-refractivity contribution is 5.58. The summed E-state index contributed by atoms with van der Waals surface area (Å²) in [5, 5.41) is 0. The topological polar surface area (TPSA) is 38.5 Å². The number of nitrogens with zero attached hydrogens (tertiary/aromatic N) is 1. The first-order chi connectivity index (χ1) is 8.81. The van der Waals surface area contributed by atoms with E-state index in [2.05, 4.69) is 30.0 Å². The van der Waals surface area contributed by atoms with Gasteiger partial charge in [0.2, 0.25) is 0 Å². The van der Waals surface area contributed by atoms with Crippen LogP contribution in [-0.4, -0.2) is 25.7 Å². The normalized spacial score (nSPS) is 19.9. The highest BCUT2D eigenvalue weighted by atomic mass is 16.5. The van der Waals surface area contributed by atoms with Crippen LogP contribution in [0.3, 0.4) is 0 Å². The molecule has 0 aliphatic carbocycles. The van der Waals surface area contributed by atoms with Gasteiger partial charge in [0.05, 0.1) is 12.3 Å². The Bertz CT molecular complexity index is 367. The molecule has 1 aliphatic heterocycles. The third kappa shape index (κ3) is 3.39. The fourth-order valence-corrected chi connectivity index (χ4v) is 2.40. The molecular formula is C15H24N2O. The van der Waals surface area contributed by atoms with Crippen molar-refractivity contribution in [3.05, 3.63) is 24.3 Å². The van der Waals surface area contributed by atoms with Crippen molar-refractivity contribution >= 4 is 5.69 Å². The quantitative estimate of drug-likeness (QED) is 0.814. The lowest BCUT2D eigenvalue weighted by Gasteiger charge is -2.33. The predicted molar refractivity (Wildman–Crippen MR) is 76.3 cm³/mol. The van der Waals surface area contributed by atoms with Crippen molar-refractivity contribution < 1.29 is 4.74 Å². The lowest BCUT2D eigenvalue weighted by atomic mass is 10.1. The minimum absolute atomic E-state index is 0.294. The summed E-state index contributed by atoms with van der Waals surface area (Å²) in [5.41, 5.74) is 7.25. The monoisotopic (exact) mass is 248 g/mol. The number of nitrogens with two attached hydrogens (primary N) is 1. The summed E-state index contributed by atoms with van der Waals surface area (Å²) >= 11 is 0. The highest BCUT2D eigenvalue weighted by Crippen LogP contribution is 2.30. The van der Waals surface area contributed by atoms with E-state index in [4.69, 9.17) is 10.5 Å². The molecule has 0 aromatic heterocycles. The molecule has 0 spiro atoms. The second-order valence-electron chi connectivity index (χ2n) is 5.02. The Labute approximate surface area is 110 Å². The molecule has 1 aromatic rings. The zero-order chi connectivity index (χ0) is 12.8. The van der Waals surface area contributed by atoms with Gasteiger partial charge in [-0.1, -0.05) is 25.5 Å². The van der Waals surface area contributed by atoms with Crippen molar-refractivity contribution in [2.75, 3.05) is 24.6 Å². The zero-order valence-electron chi connectivity index (χ0n) is 11.3. The van der Waals surface area contributed by atoms with Crippen molar-refractivity contribution in [2.24, 2.45) is 5.73 Å². The fourth-order valence-electron chi connectivity index (χ4n) is 2.40. The van der Waals surface area contributed by atoms with E-state index in [-0.39, 0.29) is 0 Å². The van der Waals surface area contributed by atoms with E-state index in [0.717, 1.165) is 44.7 Å². The number of para-hydroxylation sites is 2. The van der Waals surface area contributed by atoms with Crippen LogP contribution in [0.25, 0.3) is 0 Å². The molecule has 1 atom stereocenters. The molecule has 1 aromatic carbocycles. The number of rotatable bonds is 5. The van der Waals surface area contributed by atoms with Crippen molar-refractivity contribution in [3.8, 4) is 5.75 Å². The van der Waals surface area contributed by atoms with Gasteiger partial charge in [0.15, 0.2) is 0 Å². The summed E-state index contributed by atoms with van der Waals surface area (Å²) in [6, 6.07) is 8.60. The Morgan fingerprint density at radius 3 is 3.00 bits per heavy atom. The largest absolute Gasteiger partial charge is 0.491 e. The SMILES string of the molecule is CCCCOc1ccccc1N1CCCC(N)C1. The molecule has 100 valence electrons. The maximum atomic E-state index is 6.05. The Balaban J connectivity index is 2.06. The average Bonchev–Trinajstić information content (AvgIpc) is 2.40. The molecule has 2 N–H and O–H groups in total. The van der Waals surface area contributed by atoms with Gasteiger partial charge >= 0.3 is 0 Å². The van der Waals surface area contributed by atoms with Gasteiger partial charge in [-0.3, -0.25) is 0 Å². The molecular weight excluding hydrogens is 224 g/mol. The first-order valence-corrected chi connectivity index (χ1v) is 7.03. The van der Waals surface area contributed by atoms with Gasteiger partial charge in [0.1, 0.15) is 5.75 Å². The minimum Gasteiger partial charge on any atom is -0.491 e. The van der Waals surface area contributed by atoms with Gasteiger partial charge in [0, 0.05) is 19.1 Å². The maximum Gasteiger partial charge on any atom is 0.142 e. The molecule has 1 fully saturated rings. The van der Waals surface area contributed by atoms with Gasteiger partial charge in [-0.2, -0.15) is 0 Å². The number of benzene rings is 1. The van der Waals surface area contributed by atoms with Crippen molar-refractivity contribution in [3.63, 3.8) is 0 Å². The van der Waals surface area contributed by atoms with Crippen LogP contribution in [0.2, 0.25) is 0 Å². The predicted octanol–water partition coefficient (Wildman–Crippen LogP) is 2.79. The standard InChI is InChI=1S/C15H24N2O/c1-2-3-11-18-15-9-5-4-8-14(15)17-10-6-7-13(16)12-17/h4-5,8-9,13H,2-3,6-7,10-12,16H2,1H3.